The Morgan fingerprint density at radius 1 is 0.759 bits per heavy atom. The van der Waals surface area contributed by atoms with E-state index >= 15 is 0 Å². The molecular weight excluding hydrogens is 352 g/mol. The maximum Gasteiger partial charge on any atom is 0.00278 e. The van der Waals surface area contributed by atoms with Gasteiger partial charge in [-0.2, -0.15) is 0 Å². The summed E-state index contributed by atoms with van der Waals surface area (Å²) in [5.74, 6) is 2.24. The van der Waals surface area contributed by atoms with E-state index in [0.717, 1.165) is 17.8 Å². The van der Waals surface area contributed by atoms with Crippen molar-refractivity contribution in [2.24, 2.45) is 5.92 Å². The summed E-state index contributed by atoms with van der Waals surface area (Å²) in [4.78, 5) is 5.51. The highest BCUT2D eigenvalue weighted by Crippen LogP contribution is 2.35. The molecule has 0 spiro atoms. The molecule has 0 aromatic heterocycles. The molecule has 2 aromatic rings. The van der Waals surface area contributed by atoms with Gasteiger partial charge in [0.1, 0.15) is 0 Å². The van der Waals surface area contributed by atoms with Crippen LogP contribution < -0.4 is 0 Å². The molecule has 0 amide bonds. The maximum atomic E-state index is 2.77. The zero-order valence-electron chi connectivity index (χ0n) is 18.2. The molecule has 0 saturated carbocycles. The Morgan fingerprint density at radius 3 is 2.03 bits per heavy atom. The van der Waals surface area contributed by atoms with Crippen molar-refractivity contribution in [2.45, 2.75) is 50.9 Å². The number of piperidine rings is 2. The van der Waals surface area contributed by atoms with Crippen LogP contribution in [0.1, 0.15) is 62.0 Å². The molecule has 156 valence electrons. The summed E-state index contributed by atoms with van der Waals surface area (Å²) in [6, 6.07) is 22.5. The molecule has 0 aliphatic carbocycles. The van der Waals surface area contributed by atoms with Crippen molar-refractivity contribution in [3.63, 3.8) is 0 Å². The highest BCUT2D eigenvalue weighted by atomic mass is 15.2. The summed E-state index contributed by atoms with van der Waals surface area (Å²) in [7, 11) is 0. The molecular formula is C27H38N2. The van der Waals surface area contributed by atoms with E-state index in [-0.39, 0.29) is 0 Å². The number of unbranched alkanes of at least 4 members (excludes halogenated alkanes) is 1. The van der Waals surface area contributed by atoms with Crippen molar-refractivity contribution in [3.05, 3.63) is 71.8 Å². The molecule has 2 saturated heterocycles. The van der Waals surface area contributed by atoms with Crippen molar-refractivity contribution in [3.8, 4) is 0 Å². The summed E-state index contributed by atoms with van der Waals surface area (Å²) >= 11 is 0. The van der Waals surface area contributed by atoms with Crippen LogP contribution in [-0.2, 0) is 0 Å². The third kappa shape index (κ3) is 5.49. The topological polar surface area (TPSA) is 6.48 Å². The van der Waals surface area contributed by atoms with Crippen LogP contribution >= 0.6 is 0 Å². The zero-order chi connectivity index (χ0) is 19.9. The van der Waals surface area contributed by atoms with Crippen molar-refractivity contribution < 1.29 is 0 Å². The Balaban J connectivity index is 1.38. The van der Waals surface area contributed by atoms with Crippen LogP contribution in [0.3, 0.4) is 0 Å². The van der Waals surface area contributed by atoms with Crippen LogP contribution in [0.2, 0.25) is 0 Å². The van der Waals surface area contributed by atoms with Crippen molar-refractivity contribution in [2.75, 3.05) is 39.3 Å². The van der Waals surface area contributed by atoms with Crippen LogP contribution in [0.4, 0.5) is 0 Å². The van der Waals surface area contributed by atoms with E-state index in [1.165, 1.54) is 76.9 Å². The van der Waals surface area contributed by atoms with Crippen molar-refractivity contribution in [1.82, 2.24) is 9.80 Å². The highest BCUT2D eigenvalue weighted by Gasteiger charge is 2.32. The molecule has 4 rings (SSSR count). The minimum atomic E-state index is 0.723. The van der Waals surface area contributed by atoms with E-state index in [4.69, 9.17) is 0 Å². The molecule has 0 bridgehead atoms. The van der Waals surface area contributed by atoms with E-state index in [9.17, 15) is 0 Å². The van der Waals surface area contributed by atoms with Crippen LogP contribution in [0.25, 0.3) is 0 Å². The van der Waals surface area contributed by atoms with Gasteiger partial charge in [0.15, 0.2) is 0 Å². The third-order valence-corrected chi connectivity index (χ3v) is 7.22. The van der Waals surface area contributed by atoms with Crippen molar-refractivity contribution in [1.29, 1.82) is 0 Å². The van der Waals surface area contributed by atoms with Gasteiger partial charge >= 0.3 is 0 Å². The van der Waals surface area contributed by atoms with Gasteiger partial charge in [-0.05, 0) is 80.7 Å². The van der Waals surface area contributed by atoms with Crippen LogP contribution in [0.5, 0.6) is 0 Å². The molecule has 0 radical (unpaired) electrons. The highest BCUT2D eigenvalue weighted by molar-refractivity contribution is 5.22. The summed E-state index contributed by atoms with van der Waals surface area (Å²) < 4.78 is 0. The van der Waals surface area contributed by atoms with Gasteiger partial charge in [-0.3, -0.25) is 0 Å². The number of rotatable bonds is 7. The molecule has 2 fully saturated rings. The standard InChI is InChI=1S/C27H38N2/c1-2-3-17-28-20-16-27(25-12-8-5-9-13-25)26(21-28)22-29-18-14-24(15-19-29)23-10-6-4-7-11-23/h4-13,24,26-27H,2-3,14-22H2,1H3/t26-,27-/m0/s1. The lowest BCUT2D eigenvalue weighted by molar-refractivity contribution is 0.101. The fraction of sp³-hybridized carbons (Fsp3) is 0.556. The minimum Gasteiger partial charge on any atom is -0.303 e. The molecule has 0 N–H and O–H groups in total. The van der Waals surface area contributed by atoms with Gasteiger partial charge in [-0.25, -0.2) is 0 Å². The van der Waals surface area contributed by atoms with E-state index in [1.807, 2.05) is 0 Å². The minimum absolute atomic E-state index is 0.723. The van der Waals surface area contributed by atoms with Crippen LogP contribution in [0.15, 0.2) is 60.7 Å². The molecule has 0 unspecified atom stereocenters. The zero-order valence-corrected chi connectivity index (χ0v) is 18.2. The fourth-order valence-corrected chi connectivity index (χ4v) is 5.52. The predicted molar refractivity (Wildman–Crippen MR) is 123 cm³/mol. The number of hydrogen-bond acceptors (Lipinski definition) is 2. The lowest BCUT2D eigenvalue weighted by atomic mass is 9.79. The number of hydrogen-bond donors (Lipinski definition) is 0. The van der Waals surface area contributed by atoms with Gasteiger partial charge in [0.2, 0.25) is 0 Å². The molecule has 2 nitrogen and oxygen atoms in total. The summed E-state index contributed by atoms with van der Waals surface area (Å²) in [5, 5.41) is 0. The lowest BCUT2D eigenvalue weighted by Crippen LogP contribution is -2.46. The largest absolute Gasteiger partial charge is 0.303 e. The molecule has 2 aliphatic heterocycles. The van der Waals surface area contributed by atoms with Gasteiger partial charge in [0, 0.05) is 13.1 Å². The van der Waals surface area contributed by atoms with Gasteiger partial charge in [0.25, 0.3) is 0 Å². The average Bonchev–Trinajstić information content (AvgIpc) is 2.79. The summed E-state index contributed by atoms with van der Waals surface area (Å²) in [6.45, 7) is 9.92. The first-order valence-corrected chi connectivity index (χ1v) is 11.9. The Morgan fingerprint density at radius 2 is 1.38 bits per heavy atom. The Labute approximate surface area is 177 Å². The first kappa shape index (κ1) is 20.6. The van der Waals surface area contributed by atoms with Gasteiger partial charge in [-0.15, -0.1) is 0 Å². The number of benzene rings is 2. The quantitative estimate of drug-likeness (QED) is 0.592. The summed E-state index contributed by atoms with van der Waals surface area (Å²) in [6.07, 6.45) is 6.58. The molecule has 2 heteroatoms. The van der Waals surface area contributed by atoms with E-state index in [0.29, 0.717) is 0 Å². The van der Waals surface area contributed by atoms with Crippen LogP contribution in [-0.4, -0.2) is 49.1 Å². The predicted octanol–water partition coefficient (Wildman–Crippen LogP) is 5.77. The van der Waals surface area contributed by atoms with Crippen molar-refractivity contribution >= 4 is 0 Å². The van der Waals surface area contributed by atoms with E-state index in [1.54, 1.807) is 5.56 Å². The molecule has 2 aromatic carbocycles. The lowest BCUT2D eigenvalue weighted by Gasteiger charge is -2.42. The average molecular weight is 391 g/mol. The third-order valence-electron chi connectivity index (χ3n) is 7.22. The smallest absolute Gasteiger partial charge is 0.00278 e. The first-order valence-electron chi connectivity index (χ1n) is 11.9. The Hall–Kier alpha value is -1.64. The first-order chi connectivity index (χ1) is 14.3. The monoisotopic (exact) mass is 390 g/mol. The second kappa shape index (κ2) is 10.4. The number of nitrogens with zero attached hydrogens (tertiary/aromatic N) is 2. The SMILES string of the molecule is CCCCN1CC[C@@H](c2ccccc2)[C@H](CN2CCC(c3ccccc3)CC2)C1. The van der Waals surface area contributed by atoms with E-state index in [2.05, 4.69) is 77.4 Å². The number of likely N-dealkylation sites (tertiary alicyclic amines) is 2. The van der Waals surface area contributed by atoms with Crippen LogP contribution in [0, 0.1) is 5.92 Å². The Bertz CT molecular complexity index is 706. The molecule has 2 atom stereocenters. The molecule has 2 aliphatic rings. The Kier molecular flexibility index (Phi) is 7.40. The second-order valence-corrected chi connectivity index (χ2v) is 9.21. The fourth-order valence-electron chi connectivity index (χ4n) is 5.52. The van der Waals surface area contributed by atoms with E-state index < -0.39 is 0 Å². The normalized spacial score (nSPS) is 24.6. The maximum absolute atomic E-state index is 2.77. The molecule has 29 heavy (non-hydrogen) atoms. The van der Waals surface area contributed by atoms with Gasteiger partial charge < -0.3 is 9.80 Å². The second-order valence-electron chi connectivity index (χ2n) is 9.21. The molecule has 2 heterocycles. The van der Waals surface area contributed by atoms with Gasteiger partial charge in [0.05, 0.1) is 0 Å². The summed E-state index contributed by atoms with van der Waals surface area (Å²) in [5.41, 5.74) is 3.10. The van der Waals surface area contributed by atoms with Gasteiger partial charge in [-0.1, -0.05) is 74.0 Å².